The molecule has 4 nitrogen and oxygen atoms in total. The van der Waals surface area contributed by atoms with Crippen molar-refractivity contribution in [2.24, 2.45) is 0 Å². The zero-order valence-electron chi connectivity index (χ0n) is 26.0. The molecule has 0 aromatic heterocycles. The van der Waals surface area contributed by atoms with Crippen LogP contribution in [0, 0.1) is 6.92 Å². The van der Waals surface area contributed by atoms with E-state index in [1.165, 1.54) is 158 Å². The van der Waals surface area contributed by atoms with Gasteiger partial charge in [0.15, 0.2) is 0 Å². The number of unbranched alkanes of at least 4 members (excludes halogenated alkanes) is 16. The van der Waals surface area contributed by atoms with Crippen LogP contribution in [0.25, 0.3) is 0 Å². The summed E-state index contributed by atoms with van der Waals surface area (Å²) in [6.45, 7) is 10.4. The molecule has 39 heavy (non-hydrogen) atoms. The number of halogens is 1. The number of nitrogens with zero attached hydrogens (tertiary/aromatic N) is 1. The third kappa shape index (κ3) is 23.8. The molecule has 230 valence electrons. The maximum Gasteiger partial charge on any atom is 0.124 e. The summed E-state index contributed by atoms with van der Waals surface area (Å²) in [7, 11) is -1.78. The number of hydrogen-bond acceptors (Lipinski definition) is 3. The molecule has 0 spiro atoms. The fourth-order valence-electron chi connectivity index (χ4n) is 5.09. The van der Waals surface area contributed by atoms with Crippen molar-refractivity contribution >= 4 is 21.7 Å². The molecule has 0 saturated heterocycles. The van der Waals surface area contributed by atoms with E-state index in [1.54, 1.807) is 12.1 Å². The van der Waals surface area contributed by atoms with E-state index in [2.05, 4.69) is 20.9 Å². The quantitative estimate of drug-likeness (QED) is 0.0523. The second kappa shape index (κ2) is 25.1. The van der Waals surface area contributed by atoms with Gasteiger partial charge in [0, 0.05) is 12.3 Å². The van der Waals surface area contributed by atoms with Crippen molar-refractivity contribution in [2.45, 2.75) is 148 Å². The molecule has 0 aliphatic carbocycles. The molecule has 6 heteroatoms. The Labute approximate surface area is 248 Å². The zero-order chi connectivity index (χ0) is 29.2. The third-order valence-electron chi connectivity index (χ3n) is 7.74. The highest BCUT2D eigenvalue weighted by Crippen LogP contribution is 2.16. The van der Waals surface area contributed by atoms with Crippen molar-refractivity contribution in [3.8, 4) is 0 Å². The Morgan fingerprint density at radius 1 is 0.615 bits per heavy atom. The molecule has 0 amide bonds. The molecule has 0 atom stereocenters. The molecule has 0 unspecified atom stereocenters. The molecule has 0 saturated carbocycles. The predicted octanol–water partition coefficient (Wildman–Crippen LogP) is 10.0. The van der Waals surface area contributed by atoms with Gasteiger partial charge < -0.3 is 9.04 Å². The van der Waals surface area contributed by atoms with Crippen molar-refractivity contribution in [3.63, 3.8) is 0 Å². The van der Waals surface area contributed by atoms with Crippen LogP contribution < -0.4 is 0 Å². The van der Waals surface area contributed by atoms with Gasteiger partial charge in [-0.25, -0.2) is 8.42 Å². The summed E-state index contributed by atoms with van der Waals surface area (Å²) in [5.41, 5.74) is 0.928. The molecule has 0 heterocycles. The fraction of sp³-hybridized carbons (Fsp3) is 0.818. The van der Waals surface area contributed by atoms with E-state index in [9.17, 15) is 13.0 Å². The Kier molecular flexibility index (Phi) is 24.7. The summed E-state index contributed by atoms with van der Waals surface area (Å²) in [6.07, 6.45) is 26.9. The molecular formula is C33H62ClNO3S. The monoisotopic (exact) mass is 587 g/mol. The summed E-state index contributed by atoms with van der Waals surface area (Å²) in [4.78, 5) is -0.178. The Morgan fingerprint density at radius 2 is 0.949 bits per heavy atom. The number of alkyl halides is 1. The van der Waals surface area contributed by atoms with Gasteiger partial charge in [-0.1, -0.05) is 121 Å². The summed E-state index contributed by atoms with van der Waals surface area (Å²) in [6, 6.07) is 5.78. The maximum absolute atomic E-state index is 10.4. The van der Waals surface area contributed by atoms with Gasteiger partial charge >= 0.3 is 0 Å². The van der Waals surface area contributed by atoms with Gasteiger partial charge in [-0.15, -0.1) is 11.6 Å². The molecule has 0 radical (unpaired) electrons. The molecule has 0 fully saturated rings. The molecule has 1 rings (SSSR count). The minimum atomic E-state index is -4.27. The molecule has 0 bridgehead atoms. The molecule has 1 aromatic rings. The fourth-order valence-corrected chi connectivity index (χ4v) is 5.68. The van der Waals surface area contributed by atoms with E-state index in [1.807, 2.05) is 6.92 Å². The van der Waals surface area contributed by atoms with Crippen LogP contribution in [0.3, 0.4) is 0 Å². The van der Waals surface area contributed by atoms with Gasteiger partial charge in [-0.3, -0.25) is 0 Å². The van der Waals surface area contributed by atoms with Crippen LogP contribution in [0.5, 0.6) is 0 Å². The largest absolute Gasteiger partial charge is 0.744 e. The zero-order valence-corrected chi connectivity index (χ0v) is 27.6. The highest BCUT2D eigenvalue weighted by molar-refractivity contribution is 7.85. The minimum Gasteiger partial charge on any atom is -0.744 e. The highest BCUT2D eigenvalue weighted by atomic mass is 35.5. The van der Waals surface area contributed by atoms with Crippen LogP contribution in [0.15, 0.2) is 29.2 Å². The highest BCUT2D eigenvalue weighted by Gasteiger charge is 2.19. The van der Waals surface area contributed by atoms with E-state index >= 15 is 0 Å². The first-order valence-corrected chi connectivity index (χ1v) is 18.0. The SMILES string of the molecule is CCCCCCCCCCC[N+](C)(CCCCl)CCCCCCCCCCC.Cc1ccc(S(=O)(=O)[O-])cc1. The summed E-state index contributed by atoms with van der Waals surface area (Å²) in [5, 5.41) is 0. The standard InChI is InChI=1S/C26H55ClN.C7H8O3S/c1-4-6-8-10-12-14-16-18-20-24-28(3,26-22-23-27)25-21-19-17-15-13-11-9-7-5-2;1-6-2-4-7(5-3-6)11(8,9)10/h4-26H2,1-3H3;2-5H,1H3,(H,8,9,10)/q+1;/p-1. The molecule has 0 N–H and O–H groups in total. The van der Waals surface area contributed by atoms with Crippen molar-refractivity contribution in [2.75, 3.05) is 32.6 Å². The van der Waals surface area contributed by atoms with Gasteiger partial charge in [-0.2, -0.15) is 0 Å². The van der Waals surface area contributed by atoms with E-state index < -0.39 is 10.1 Å². The van der Waals surface area contributed by atoms with E-state index in [4.69, 9.17) is 11.6 Å². The van der Waals surface area contributed by atoms with Gasteiger partial charge in [0.1, 0.15) is 10.1 Å². The van der Waals surface area contributed by atoms with Crippen LogP contribution in [0.4, 0.5) is 0 Å². The lowest BCUT2D eigenvalue weighted by Gasteiger charge is -2.35. The Bertz CT molecular complexity index is 746. The lowest BCUT2D eigenvalue weighted by molar-refractivity contribution is -0.910. The average molecular weight is 588 g/mol. The first kappa shape index (κ1) is 38.4. The first-order chi connectivity index (χ1) is 18.7. The third-order valence-corrected chi connectivity index (χ3v) is 8.86. The molecule has 0 aliphatic rings. The van der Waals surface area contributed by atoms with Gasteiger partial charge in [0.2, 0.25) is 0 Å². The van der Waals surface area contributed by atoms with E-state index in [-0.39, 0.29) is 4.90 Å². The van der Waals surface area contributed by atoms with E-state index in [0.717, 1.165) is 11.4 Å². The van der Waals surface area contributed by atoms with Crippen LogP contribution in [-0.4, -0.2) is 50.0 Å². The topological polar surface area (TPSA) is 57.2 Å². The van der Waals surface area contributed by atoms with Crippen LogP contribution >= 0.6 is 11.6 Å². The Morgan fingerprint density at radius 3 is 1.28 bits per heavy atom. The summed E-state index contributed by atoms with van der Waals surface area (Å²) >= 11 is 6.01. The molecule has 1 aromatic carbocycles. The predicted molar refractivity (Wildman–Crippen MR) is 170 cm³/mol. The average Bonchev–Trinajstić information content (AvgIpc) is 2.90. The molecular weight excluding hydrogens is 526 g/mol. The van der Waals surface area contributed by atoms with Gasteiger partial charge in [0.05, 0.1) is 31.6 Å². The van der Waals surface area contributed by atoms with Gasteiger partial charge in [0.25, 0.3) is 0 Å². The minimum absolute atomic E-state index is 0.178. The second-order valence-electron chi connectivity index (χ2n) is 11.8. The lowest BCUT2D eigenvalue weighted by atomic mass is 10.1. The normalized spacial score (nSPS) is 11.8. The number of rotatable bonds is 24. The lowest BCUT2D eigenvalue weighted by Crippen LogP contribution is -2.46. The van der Waals surface area contributed by atoms with Crippen LogP contribution in [0.1, 0.15) is 141 Å². The van der Waals surface area contributed by atoms with Crippen LogP contribution in [-0.2, 0) is 10.1 Å². The second-order valence-corrected chi connectivity index (χ2v) is 13.5. The Hall–Kier alpha value is -0.620. The number of quaternary nitrogens is 1. The first-order valence-electron chi connectivity index (χ1n) is 16.1. The summed E-state index contributed by atoms with van der Waals surface area (Å²) < 4.78 is 32.4. The van der Waals surface area contributed by atoms with Crippen molar-refractivity contribution < 1.29 is 17.5 Å². The Balaban J connectivity index is 0.00000108. The smallest absolute Gasteiger partial charge is 0.124 e. The number of hydrogen-bond donors (Lipinski definition) is 0. The van der Waals surface area contributed by atoms with Crippen molar-refractivity contribution in [3.05, 3.63) is 29.8 Å². The van der Waals surface area contributed by atoms with Gasteiger partial charge in [-0.05, 0) is 44.7 Å². The van der Waals surface area contributed by atoms with Crippen LogP contribution in [0.2, 0.25) is 0 Å². The molecule has 0 aliphatic heterocycles. The number of benzene rings is 1. The van der Waals surface area contributed by atoms with E-state index in [0.29, 0.717) is 0 Å². The van der Waals surface area contributed by atoms with Crippen molar-refractivity contribution in [1.82, 2.24) is 0 Å². The maximum atomic E-state index is 10.4. The summed E-state index contributed by atoms with van der Waals surface area (Å²) in [5.74, 6) is 0.823. The number of aryl methyl sites for hydroxylation is 1. The van der Waals surface area contributed by atoms with Crippen molar-refractivity contribution in [1.29, 1.82) is 0 Å².